The molecule has 0 aliphatic carbocycles. The highest BCUT2D eigenvalue weighted by atomic mass is 16.6. The highest BCUT2D eigenvalue weighted by Crippen LogP contribution is 2.29. The predicted molar refractivity (Wildman–Crippen MR) is 74.6 cm³/mol. The highest BCUT2D eigenvalue weighted by molar-refractivity contribution is 5.82. The maximum atomic E-state index is 11.0. The van der Waals surface area contributed by atoms with Crippen LogP contribution in [0, 0.1) is 10.1 Å². The molecule has 0 N–H and O–H groups in total. The van der Waals surface area contributed by atoms with Crippen LogP contribution in [0.1, 0.15) is 12.5 Å². The summed E-state index contributed by atoms with van der Waals surface area (Å²) in [7, 11) is 0. The van der Waals surface area contributed by atoms with Crippen LogP contribution in [0.4, 0.5) is 0 Å². The van der Waals surface area contributed by atoms with Crippen molar-refractivity contribution in [3.63, 3.8) is 0 Å². The zero-order valence-electron chi connectivity index (χ0n) is 10.6. The van der Waals surface area contributed by atoms with Gasteiger partial charge >= 0.3 is 0 Å². The summed E-state index contributed by atoms with van der Waals surface area (Å²) in [6.07, 6.45) is 1.57. The van der Waals surface area contributed by atoms with Crippen molar-refractivity contribution in [1.82, 2.24) is 0 Å². The molecule has 0 bridgehead atoms. The number of hydrogen-bond acceptors (Lipinski definition) is 3. The maximum Gasteiger partial charge on any atom is 0.273 e. The molecule has 19 heavy (non-hydrogen) atoms. The summed E-state index contributed by atoms with van der Waals surface area (Å²) in [4.78, 5) is 10.5. The lowest BCUT2D eigenvalue weighted by Crippen LogP contribution is -2.32. The van der Waals surface area contributed by atoms with E-state index in [4.69, 9.17) is 4.74 Å². The van der Waals surface area contributed by atoms with Crippen LogP contribution < -0.4 is 10.4 Å². The minimum atomic E-state index is -0.513. The number of benzene rings is 1. The quantitative estimate of drug-likeness (QED) is 0.612. The number of nitrogens with zero attached hydrogens (tertiary/aromatic N) is 1. The largest absolute Gasteiger partial charge is 0.460 e. The van der Waals surface area contributed by atoms with Crippen LogP contribution in [-0.4, -0.2) is 4.92 Å². The van der Waals surface area contributed by atoms with Crippen LogP contribution in [-0.2, 0) is 4.74 Å². The molecule has 0 radical (unpaired) electrons. The van der Waals surface area contributed by atoms with Crippen LogP contribution in [0.3, 0.4) is 0 Å². The first kappa shape index (κ1) is 12.8. The van der Waals surface area contributed by atoms with E-state index >= 15 is 0 Å². The Morgan fingerprint density at radius 3 is 2.74 bits per heavy atom. The Kier molecular flexibility index (Phi) is 3.09. The molecule has 0 atom stereocenters. The van der Waals surface area contributed by atoms with Crippen molar-refractivity contribution >= 4 is 17.9 Å². The average molecular weight is 255 g/mol. The fourth-order valence-corrected chi connectivity index (χ4v) is 2.15. The molecule has 4 heteroatoms. The summed E-state index contributed by atoms with van der Waals surface area (Å²) in [6.45, 7) is 12.8. The monoisotopic (exact) mass is 255 g/mol. The molecule has 2 rings (SSSR count). The fourth-order valence-electron chi connectivity index (χ4n) is 2.15. The first-order valence-electron chi connectivity index (χ1n) is 5.65. The molecule has 96 valence electrons. The molecule has 1 heterocycles. The van der Waals surface area contributed by atoms with Crippen molar-refractivity contribution in [2.75, 3.05) is 0 Å². The van der Waals surface area contributed by atoms with Crippen LogP contribution in [0.5, 0.6) is 0 Å². The fraction of sp³-hybridized carbons (Fsp3) is 0.0667. The molecule has 0 spiro atoms. The molecule has 0 saturated carbocycles. The van der Waals surface area contributed by atoms with Gasteiger partial charge < -0.3 is 4.74 Å². The third-order valence-corrected chi connectivity index (χ3v) is 2.98. The maximum absolute atomic E-state index is 11.0. The Morgan fingerprint density at radius 2 is 2.16 bits per heavy atom. The van der Waals surface area contributed by atoms with Crippen LogP contribution >= 0.6 is 0 Å². The zero-order chi connectivity index (χ0) is 14.2. The minimum Gasteiger partial charge on any atom is -0.460 e. The third kappa shape index (κ3) is 1.97. The zero-order valence-corrected chi connectivity index (χ0v) is 10.6. The van der Waals surface area contributed by atoms with E-state index in [9.17, 15) is 10.1 Å². The highest BCUT2D eigenvalue weighted by Gasteiger charge is 2.25. The van der Waals surface area contributed by atoms with Gasteiger partial charge in [-0.05, 0) is 24.8 Å². The number of rotatable bonds is 3. The molecule has 0 fully saturated rings. The Labute approximate surface area is 110 Å². The molecule has 0 amide bonds. The normalized spacial score (nSPS) is 13.6. The first-order valence-corrected chi connectivity index (χ1v) is 5.65. The number of hydrogen-bond donors (Lipinski definition) is 0. The number of fused-ring (bicyclic) bond motifs is 1. The van der Waals surface area contributed by atoms with E-state index in [-0.39, 0.29) is 5.70 Å². The summed E-state index contributed by atoms with van der Waals surface area (Å²) < 4.78 is 5.60. The van der Waals surface area contributed by atoms with E-state index in [1.165, 1.54) is 0 Å². The summed E-state index contributed by atoms with van der Waals surface area (Å²) in [5.74, 6) is 0.993. The second kappa shape index (κ2) is 4.57. The van der Waals surface area contributed by atoms with Crippen molar-refractivity contribution in [1.29, 1.82) is 0 Å². The Balaban J connectivity index is 2.87. The van der Waals surface area contributed by atoms with E-state index in [1.54, 1.807) is 25.1 Å². The van der Waals surface area contributed by atoms with E-state index < -0.39 is 4.92 Å². The lowest BCUT2D eigenvalue weighted by atomic mass is 9.96. The lowest BCUT2D eigenvalue weighted by Gasteiger charge is -2.19. The molecule has 0 aromatic heterocycles. The van der Waals surface area contributed by atoms with E-state index in [0.717, 1.165) is 10.4 Å². The second-order valence-electron chi connectivity index (χ2n) is 4.15. The molecule has 0 saturated heterocycles. The smallest absolute Gasteiger partial charge is 0.273 e. The van der Waals surface area contributed by atoms with E-state index in [1.807, 2.05) is 6.07 Å². The van der Waals surface area contributed by atoms with Gasteiger partial charge in [-0.15, -0.1) is 0 Å². The Bertz CT molecular complexity index is 741. The minimum absolute atomic E-state index is 0.188. The van der Waals surface area contributed by atoms with Crippen LogP contribution in [0.25, 0.3) is 17.9 Å². The number of ether oxygens (including phenoxy) is 1. The summed E-state index contributed by atoms with van der Waals surface area (Å²) in [6, 6.07) is 5.41. The number of nitro groups is 1. The SMILES string of the molecule is C=CC1=c2c(cccc2=C)C(C(=C)[N+](=O)[O-])=C(C)O1. The molecule has 1 aliphatic heterocycles. The van der Waals surface area contributed by atoms with Gasteiger partial charge in [0.05, 0.1) is 10.5 Å². The van der Waals surface area contributed by atoms with Gasteiger partial charge in [-0.25, -0.2) is 0 Å². The van der Waals surface area contributed by atoms with E-state index in [0.29, 0.717) is 22.7 Å². The molecule has 1 aromatic carbocycles. The lowest BCUT2D eigenvalue weighted by molar-refractivity contribution is -0.416. The van der Waals surface area contributed by atoms with Crippen molar-refractivity contribution < 1.29 is 9.66 Å². The van der Waals surface area contributed by atoms with Crippen molar-refractivity contribution in [3.8, 4) is 0 Å². The molecular formula is C15H13NO3. The summed E-state index contributed by atoms with van der Waals surface area (Å²) in [5, 5.41) is 12.4. The second-order valence-corrected chi connectivity index (χ2v) is 4.15. The summed E-state index contributed by atoms with van der Waals surface area (Å²) >= 11 is 0. The van der Waals surface area contributed by atoms with Gasteiger partial charge in [0.2, 0.25) is 0 Å². The Morgan fingerprint density at radius 1 is 1.47 bits per heavy atom. The topological polar surface area (TPSA) is 52.4 Å². The first-order chi connectivity index (χ1) is 8.97. The van der Waals surface area contributed by atoms with Gasteiger partial charge in [0.15, 0.2) is 0 Å². The van der Waals surface area contributed by atoms with Crippen molar-refractivity contribution in [3.05, 3.63) is 75.0 Å². The van der Waals surface area contributed by atoms with Crippen molar-refractivity contribution in [2.24, 2.45) is 0 Å². The van der Waals surface area contributed by atoms with Crippen molar-refractivity contribution in [2.45, 2.75) is 6.92 Å². The average Bonchev–Trinajstić information content (AvgIpc) is 2.37. The van der Waals surface area contributed by atoms with Gasteiger partial charge in [-0.1, -0.05) is 31.4 Å². The van der Waals surface area contributed by atoms with Gasteiger partial charge in [0.25, 0.3) is 5.70 Å². The van der Waals surface area contributed by atoms with Gasteiger partial charge in [-0.2, -0.15) is 0 Å². The summed E-state index contributed by atoms with van der Waals surface area (Å²) in [5.41, 5.74) is 0.913. The standard InChI is InChI=1S/C15H13NO3/c1-5-13-14-9(2)7-6-8-12(14)15(11(4)19-13)10(3)16(17)18/h5-8H,1-3H2,4H3. The molecule has 0 unspecified atom stereocenters. The Hall–Kier alpha value is -2.62. The van der Waals surface area contributed by atoms with Gasteiger partial charge in [0, 0.05) is 10.8 Å². The van der Waals surface area contributed by atoms with E-state index in [2.05, 4.69) is 19.7 Å². The van der Waals surface area contributed by atoms with Gasteiger partial charge in [0.1, 0.15) is 11.5 Å². The third-order valence-electron chi connectivity index (χ3n) is 2.98. The predicted octanol–water partition coefficient (Wildman–Crippen LogP) is 1.94. The molecule has 1 aromatic rings. The molecule has 4 nitrogen and oxygen atoms in total. The van der Waals surface area contributed by atoms with Gasteiger partial charge in [-0.3, -0.25) is 10.1 Å². The van der Waals surface area contributed by atoms with Crippen LogP contribution in [0.2, 0.25) is 0 Å². The molecular weight excluding hydrogens is 242 g/mol. The number of allylic oxidation sites excluding steroid dienone is 2. The molecule has 1 aliphatic rings. The van der Waals surface area contributed by atoms with Crippen LogP contribution in [0.15, 0.2) is 48.9 Å².